The predicted molar refractivity (Wildman–Crippen MR) is 109 cm³/mol. The van der Waals surface area contributed by atoms with Crippen molar-refractivity contribution in [2.75, 3.05) is 5.32 Å². The molecule has 7 nitrogen and oxygen atoms in total. The van der Waals surface area contributed by atoms with Crippen molar-refractivity contribution in [3.8, 4) is 0 Å². The van der Waals surface area contributed by atoms with Gasteiger partial charge in [0.2, 0.25) is 0 Å². The number of rotatable bonds is 3. The quantitative estimate of drug-likeness (QED) is 0.478. The lowest BCUT2D eigenvalue weighted by Gasteiger charge is -2.33. The molecule has 1 aliphatic heterocycles. The van der Waals surface area contributed by atoms with Gasteiger partial charge in [-0.05, 0) is 30.7 Å². The van der Waals surface area contributed by atoms with Crippen molar-refractivity contribution in [2.24, 2.45) is 11.0 Å². The smallest absolute Gasteiger partial charge is 0.329 e. The predicted octanol–water partition coefficient (Wildman–Crippen LogP) is 2.92. The lowest BCUT2D eigenvalue weighted by molar-refractivity contribution is -0.136. The highest BCUT2D eigenvalue weighted by Crippen LogP contribution is 2.32. The third kappa shape index (κ3) is 4.03. The first-order chi connectivity index (χ1) is 14.1. The Kier molecular flexibility index (Phi) is 5.37. The zero-order valence-electron chi connectivity index (χ0n) is 15.8. The Bertz CT molecular complexity index is 1020. The zero-order chi connectivity index (χ0) is 20.2. The SMILES string of the molecule is O=C(N/N=C/C1=COC2CCCCC2C1=O)C(=O)Nc1cccc2ccccc12. The molecule has 2 amide bonds. The van der Waals surface area contributed by atoms with Crippen molar-refractivity contribution >= 4 is 40.3 Å². The summed E-state index contributed by atoms with van der Waals surface area (Å²) >= 11 is 0. The fourth-order valence-corrected chi connectivity index (χ4v) is 3.81. The fourth-order valence-electron chi connectivity index (χ4n) is 3.81. The van der Waals surface area contributed by atoms with Crippen LogP contribution in [0.25, 0.3) is 10.8 Å². The average Bonchev–Trinajstić information content (AvgIpc) is 2.75. The Hall–Kier alpha value is -3.48. The first-order valence-electron chi connectivity index (χ1n) is 9.65. The lowest BCUT2D eigenvalue weighted by atomic mass is 9.80. The number of nitrogens with zero attached hydrogens (tertiary/aromatic N) is 1. The normalized spacial score (nSPS) is 21.2. The standard InChI is InChI=1S/C22H21N3O4/c26-20-15(13-29-19-11-4-3-9-17(19)20)12-23-25-22(28)21(27)24-18-10-5-7-14-6-1-2-8-16(14)18/h1-2,5-8,10,12-13,17,19H,3-4,9,11H2,(H,24,27)(H,25,28)/b23-12+. The Morgan fingerprint density at radius 3 is 2.72 bits per heavy atom. The minimum absolute atomic E-state index is 0.0286. The molecule has 0 bridgehead atoms. The van der Waals surface area contributed by atoms with E-state index in [1.165, 1.54) is 12.5 Å². The summed E-state index contributed by atoms with van der Waals surface area (Å²) in [5.74, 6) is -1.94. The largest absolute Gasteiger partial charge is 0.496 e. The highest BCUT2D eigenvalue weighted by molar-refractivity contribution is 6.40. The molecule has 1 saturated carbocycles. The third-order valence-corrected chi connectivity index (χ3v) is 5.31. The molecule has 2 atom stereocenters. The Balaban J connectivity index is 1.37. The van der Waals surface area contributed by atoms with Gasteiger partial charge < -0.3 is 10.1 Å². The van der Waals surface area contributed by atoms with Gasteiger partial charge in [-0.25, -0.2) is 5.43 Å². The average molecular weight is 391 g/mol. The van der Waals surface area contributed by atoms with Crippen LogP contribution < -0.4 is 10.7 Å². The van der Waals surface area contributed by atoms with Gasteiger partial charge in [0.15, 0.2) is 5.78 Å². The summed E-state index contributed by atoms with van der Waals surface area (Å²) in [7, 11) is 0. The molecule has 1 heterocycles. The third-order valence-electron chi connectivity index (χ3n) is 5.31. The second-order valence-corrected chi connectivity index (χ2v) is 7.18. The van der Waals surface area contributed by atoms with Crippen molar-refractivity contribution < 1.29 is 19.1 Å². The van der Waals surface area contributed by atoms with Crippen molar-refractivity contribution in [1.29, 1.82) is 0 Å². The minimum atomic E-state index is -0.922. The fraction of sp³-hybridized carbons (Fsp3) is 0.273. The van der Waals surface area contributed by atoms with E-state index in [1.807, 2.05) is 30.3 Å². The first-order valence-corrected chi connectivity index (χ1v) is 9.65. The molecule has 2 aromatic rings. The van der Waals surface area contributed by atoms with Gasteiger partial charge in [0.05, 0.1) is 24.0 Å². The molecule has 29 heavy (non-hydrogen) atoms. The molecule has 1 fully saturated rings. The summed E-state index contributed by atoms with van der Waals surface area (Å²) in [5.41, 5.74) is 2.99. The summed E-state index contributed by atoms with van der Waals surface area (Å²) in [6.45, 7) is 0. The van der Waals surface area contributed by atoms with Crippen LogP contribution in [0.3, 0.4) is 0 Å². The van der Waals surface area contributed by atoms with Crippen molar-refractivity contribution in [1.82, 2.24) is 5.43 Å². The molecule has 148 valence electrons. The second kappa shape index (κ2) is 8.26. The Morgan fingerprint density at radius 1 is 1.03 bits per heavy atom. The number of anilines is 1. The van der Waals surface area contributed by atoms with Crippen LogP contribution in [0.1, 0.15) is 25.7 Å². The number of ketones is 1. The molecular formula is C22H21N3O4. The van der Waals surface area contributed by atoms with Gasteiger partial charge >= 0.3 is 11.8 Å². The van der Waals surface area contributed by atoms with Crippen LogP contribution in [0.2, 0.25) is 0 Å². The van der Waals surface area contributed by atoms with E-state index in [4.69, 9.17) is 4.74 Å². The van der Waals surface area contributed by atoms with Crippen LogP contribution in [0.4, 0.5) is 5.69 Å². The summed E-state index contributed by atoms with van der Waals surface area (Å²) in [6, 6.07) is 13.0. The van der Waals surface area contributed by atoms with Crippen molar-refractivity contribution in [2.45, 2.75) is 31.8 Å². The van der Waals surface area contributed by atoms with E-state index in [-0.39, 0.29) is 17.8 Å². The number of benzene rings is 2. The molecule has 2 N–H and O–H groups in total. The minimum Gasteiger partial charge on any atom is -0.496 e. The van der Waals surface area contributed by atoms with Gasteiger partial charge in [-0.3, -0.25) is 14.4 Å². The van der Waals surface area contributed by atoms with Crippen molar-refractivity contribution in [3.05, 3.63) is 54.3 Å². The lowest BCUT2D eigenvalue weighted by Crippen LogP contribution is -2.37. The van der Waals surface area contributed by atoms with Crippen LogP contribution in [0, 0.1) is 5.92 Å². The van der Waals surface area contributed by atoms with Crippen LogP contribution in [-0.2, 0) is 19.1 Å². The number of allylic oxidation sites excluding steroid dienone is 1. The summed E-state index contributed by atoms with van der Waals surface area (Å²) in [4.78, 5) is 36.8. The van der Waals surface area contributed by atoms with Crippen molar-refractivity contribution in [3.63, 3.8) is 0 Å². The molecule has 2 aliphatic rings. The van der Waals surface area contributed by atoms with Gasteiger partial charge in [0.25, 0.3) is 0 Å². The Labute approximate surface area is 167 Å². The first kappa shape index (κ1) is 18.9. The molecular weight excluding hydrogens is 370 g/mol. The highest BCUT2D eigenvalue weighted by Gasteiger charge is 2.36. The van der Waals surface area contributed by atoms with Crippen LogP contribution >= 0.6 is 0 Å². The number of hydrogen-bond acceptors (Lipinski definition) is 5. The number of hydrogen-bond donors (Lipinski definition) is 2. The molecule has 0 aromatic heterocycles. The molecule has 0 saturated heterocycles. The monoisotopic (exact) mass is 391 g/mol. The van der Waals surface area contributed by atoms with Gasteiger partial charge in [0.1, 0.15) is 6.10 Å². The van der Waals surface area contributed by atoms with Gasteiger partial charge in [0, 0.05) is 11.1 Å². The molecule has 4 rings (SSSR count). The maximum absolute atomic E-state index is 12.5. The molecule has 2 aromatic carbocycles. The topological polar surface area (TPSA) is 96.9 Å². The highest BCUT2D eigenvalue weighted by atomic mass is 16.5. The number of Topliss-reactive ketones (excluding diaryl/α,β-unsaturated/α-hetero) is 1. The number of nitrogens with one attached hydrogen (secondary N) is 2. The molecule has 0 spiro atoms. The maximum atomic E-state index is 12.5. The number of carbonyl (C=O) groups is 3. The number of carbonyl (C=O) groups excluding carboxylic acids is 3. The van der Waals surface area contributed by atoms with Crippen LogP contribution in [0.15, 0.2) is 59.4 Å². The van der Waals surface area contributed by atoms with E-state index >= 15 is 0 Å². The van der Waals surface area contributed by atoms with Gasteiger partial charge in [-0.2, -0.15) is 5.10 Å². The van der Waals surface area contributed by atoms with E-state index in [9.17, 15) is 14.4 Å². The zero-order valence-corrected chi connectivity index (χ0v) is 15.8. The number of fused-ring (bicyclic) bond motifs is 2. The second-order valence-electron chi connectivity index (χ2n) is 7.18. The summed E-state index contributed by atoms with van der Waals surface area (Å²) < 4.78 is 5.62. The molecule has 7 heteroatoms. The number of hydrazone groups is 1. The van der Waals surface area contributed by atoms with E-state index < -0.39 is 11.8 Å². The van der Waals surface area contributed by atoms with Crippen LogP contribution in [-0.4, -0.2) is 29.9 Å². The number of ether oxygens (including phenoxy) is 1. The van der Waals surface area contributed by atoms with E-state index in [0.29, 0.717) is 11.3 Å². The van der Waals surface area contributed by atoms with E-state index in [0.717, 1.165) is 36.5 Å². The maximum Gasteiger partial charge on any atom is 0.329 e. The number of amides is 2. The Morgan fingerprint density at radius 2 is 1.83 bits per heavy atom. The molecule has 1 aliphatic carbocycles. The molecule has 2 unspecified atom stereocenters. The van der Waals surface area contributed by atoms with Gasteiger partial charge in [-0.1, -0.05) is 42.8 Å². The summed E-state index contributed by atoms with van der Waals surface area (Å²) in [6.07, 6.45) is 6.31. The van der Waals surface area contributed by atoms with Crippen LogP contribution in [0.5, 0.6) is 0 Å². The van der Waals surface area contributed by atoms with E-state index in [1.54, 1.807) is 12.1 Å². The van der Waals surface area contributed by atoms with Gasteiger partial charge in [-0.15, -0.1) is 0 Å². The molecule has 0 radical (unpaired) electrons. The summed E-state index contributed by atoms with van der Waals surface area (Å²) in [5, 5.41) is 8.12. The van der Waals surface area contributed by atoms with E-state index in [2.05, 4.69) is 15.8 Å².